The van der Waals surface area contributed by atoms with E-state index in [1.165, 1.54) is 55.9 Å². The van der Waals surface area contributed by atoms with Gasteiger partial charge in [0.2, 0.25) is 0 Å². The molecule has 0 spiro atoms. The zero-order chi connectivity index (χ0) is 13.1. The van der Waals surface area contributed by atoms with Gasteiger partial charge < -0.3 is 5.32 Å². The summed E-state index contributed by atoms with van der Waals surface area (Å²) in [6.45, 7) is 8.17. The largest absolute Gasteiger partial charge is 0.317 e. The summed E-state index contributed by atoms with van der Waals surface area (Å²) in [7, 11) is 0. The van der Waals surface area contributed by atoms with E-state index in [4.69, 9.17) is 0 Å². The van der Waals surface area contributed by atoms with Crippen molar-refractivity contribution in [2.24, 2.45) is 5.92 Å². The summed E-state index contributed by atoms with van der Waals surface area (Å²) in [4.78, 5) is 8.74. The Morgan fingerprint density at radius 2 is 2.11 bits per heavy atom. The first kappa shape index (κ1) is 13.5. The van der Waals surface area contributed by atoms with Crippen LogP contribution in [0.5, 0.6) is 0 Å². The fraction of sp³-hybridized carbons (Fsp3) is 0.800. The normalized spacial score (nSPS) is 21.9. The van der Waals surface area contributed by atoms with Crippen LogP contribution in [0, 0.1) is 5.92 Å². The molecule has 3 nitrogen and oxygen atoms in total. The number of aromatic nitrogens is 1. The molecule has 1 N–H and O–H groups in total. The van der Waals surface area contributed by atoms with Crippen LogP contribution in [0.4, 0.5) is 0 Å². The molecule has 1 aliphatic carbocycles. The zero-order valence-corrected chi connectivity index (χ0v) is 12.7. The van der Waals surface area contributed by atoms with Crippen molar-refractivity contribution in [2.75, 3.05) is 26.2 Å². The highest BCUT2D eigenvalue weighted by atomic mass is 32.1. The Hall–Kier alpha value is -0.450. The second-order valence-corrected chi connectivity index (χ2v) is 6.90. The Labute approximate surface area is 120 Å². The summed E-state index contributed by atoms with van der Waals surface area (Å²) >= 11 is 1.86. The highest BCUT2D eigenvalue weighted by Gasteiger charge is 2.29. The summed E-state index contributed by atoms with van der Waals surface area (Å²) in [5, 5.41) is 3.48. The SMILES string of the molecule is CCNCC1CCN(Cc2scnc2C2CC2)CC1. The molecule has 0 atom stereocenters. The van der Waals surface area contributed by atoms with Gasteiger partial charge in [0.15, 0.2) is 0 Å². The van der Waals surface area contributed by atoms with Gasteiger partial charge >= 0.3 is 0 Å². The summed E-state index contributed by atoms with van der Waals surface area (Å²) in [6, 6.07) is 0. The Balaban J connectivity index is 1.47. The average molecular weight is 279 g/mol. The van der Waals surface area contributed by atoms with Crippen LogP contribution in [0.25, 0.3) is 0 Å². The minimum absolute atomic E-state index is 0.799. The van der Waals surface area contributed by atoms with Crippen LogP contribution in [0.15, 0.2) is 5.51 Å². The van der Waals surface area contributed by atoms with Crippen molar-refractivity contribution in [3.8, 4) is 0 Å². The number of rotatable bonds is 6. The van der Waals surface area contributed by atoms with Gasteiger partial charge in [-0.2, -0.15) is 0 Å². The van der Waals surface area contributed by atoms with Crippen molar-refractivity contribution >= 4 is 11.3 Å². The third-order valence-corrected chi connectivity index (χ3v) is 5.23. The van der Waals surface area contributed by atoms with Gasteiger partial charge in [-0.1, -0.05) is 6.92 Å². The third kappa shape index (κ3) is 3.56. The number of hydrogen-bond acceptors (Lipinski definition) is 4. The molecule has 0 amide bonds. The van der Waals surface area contributed by atoms with Crippen LogP contribution in [0.3, 0.4) is 0 Å². The lowest BCUT2D eigenvalue weighted by molar-refractivity contribution is 0.176. The molecule has 106 valence electrons. The molecule has 4 heteroatoms. The smallest absolute Gasteiger partial charge is 0.0798 e. The molecular formula is C15H25N3S. The first-order chi connectivity index (χ1) is 9.36. The average Bonchev–Trinajstić information content (AvgIpc) is 3.19. The Kier molecular flexibility index (Phi) is 4.51. The second-order valence-electron chi connectivity index (χ2n) is 5.96. The predicted molar refractivity (Wildman–Crippen MR) is 80.6 cm³/mol. The second kappa shape index (κ2) is 6.33. The molecule has 1 saturated heterocycles. The summed E-state index contributed by atoms with van der Waals surface area (Å²) in [5.41, 5.74) is 3.46. The summed E-state index contributed by atoms with van der Waals surface area (Å²) in [6.07, 6.45) is 5.43. The molecule has 19 heavy (non-hydrogen) atoms. The van der Waals surface area contributed by atoms with Crippen LogP contribution < -0.4 is 5.32 Å². The van der Waals surface area contributed by atoms with E-state index >= 15 is 0 Å². The van der Waals surface area contributed by atoms with Gasteiger partial charge in [0.25, 0.3) is 0 Å². The van der Waals surface area contributed by atoms with Crippen molar-refractivity contribution in [3.63, 3.8) is 0 Å². The van der Waals surface area contributed by atoms with E-state index in [1.54, 1.807) is 0 Å². The molecule has 1 aromatic heterocycles. The van der Waals surface area contributed by atoms with E-state index in [-0.39, 0.29) is 0 Å². The Morgan fingerprint density at radius 3 is 2.79 bits per heavy atom. The highest BCUT2D eigenvalue weighted by Crippen LogP contribution is 2.42. The summed E-state index contributed by atoms with van der Waals surface area (Å²) < 4.78 is 0. The standard InChI is InChI=1S/C15H25N3S/c1-2-16-9-12-5-7-18(8-6-12)10-14-15(13-3-4-13)17-11-19-14/h11-13,16H,2-10H2,1H3. The van der Waals surface area contributed by atoms with E-state index in [2.05, 4.69) is 22.1 Å². The van der Waals surface area contributed by atoms with Gasteiger partial charge in [0.05, 0.1) is 11.2 Å². The number of nitrogens with one attached hydrogen (secondary N) is 1. The maximum atomic E-state index is 4.58. The Bertz CT molecular complexity index is 392. The highest BCUT2D eigenvalue weighted by molar-refractivity contribution is 7.09. The van der Waals surface area contributed by atoms with Crippen molar-refractivity contribution in [1.29, 1.82) is 0 Å². The molecular weight excluding hydrogens is 254 g/mol. The van der Waals surface area contributed by atoms with E-state index in [1.807, 2.05) is 16.8 Å². The molecule has 1 saturated carbocycles. The predicted octanol–water partition coefficient (Wildman–Crippen LogP) is 2.84. The van der Waals surface area contributed by atoms with E-state index in [0.29, 0.717) is 0 Å². The summed E-state index contributed by atoms with van der Waals surface area (Å²) in [5.74, 6) is 1.69. The van der Waals surface area contributed by atoms with Gasteiger partial charge in [-0.05, 0) is 57.8 Å². The lowest BCUT2D eigenvalue weighted by atomic mass is 9.96. The van der Waals surface area contributed by atoms with E-state index < -0.39 is 0 Å². The molecule has 0 aromatic carbocycles. The lowest BCUT2D eigenvalue weighted by Crippen LogP contribution is -2.36. The molecule has 0 unspecified atom stereocenters. The molecule has 2 aliphatic rings. The minimum Gasteiger partial charge on any atom is -0.317 e. The molecule has 2 heterocycles. The molecule has 3 rings (SSSR count). The molecule has 1 aromatic rings. The topological polar surface area (TPSA) is 28.2 Å². The van der Waals surface area contributed by atoms with Crippen molar-refractivity contribution in [3.05, 3.63) is 16.1 Å². The minimum atomic E-state index is 0.799. The van der Waals surface area contributed by atoms with E-state index in [9.17, 15) is 0 Å². The van der Waals surface area contributed by atoms with Gasteiger partial charge in [-0.25, -0.2) is 4.98 Å². The lowest BCUT2D eigenvalue weighted by Gasteiger charge is -2.31. The molecule has 0 bridgehead atoms. The maximum absolute atomic E-state index is 4.58. The maximum Gasteiger partial charge on any atom is 0.0798 e. The number of piperidine rings is 1. The molecule has 1 aliphatic heterocycles. The van der Waals surface area contributed by atoms with Gasteiger partial charge in [-0.3, -0.25) is 4.90 Å². The van der Waals surface area contributed by atoms with Crippen LogP contribution in [-0.2, 0) is 6.54 Å². The van der Waals surface area contributed by atoms with Crippen LogP contribution in [-0.4, -0.2) is 36.1 Å². The van der Waals surface area contributed by atoms with Crippen molar-refractivity contribution in [2.45, 2.75) is 45.1 Å². The van der Waals surface area contributed by atoms with Crippen molar-refractivity contribution in [1.82, 2.24) is 15.2 Å². The van der Waals surface area contributed by atoms with Crippen LogP contribution in [0.1, 0.15) is 49.1 Å². The number of thiazole rings is 1. The zero-order valence-electron chi connectivity index (χ0n) is 11.9. The quantitative estimate of drug-likeness (QED) is 0.868. The van der Waals surface area contributed by atoms with Crippen LogP contribution in [0.2, 0.25) is 0 Å². The fourth-order valence-electron chi connectivity index (χ4n) is 2.99. The van der Waals surface area contributed by atoms with Gasteiger partial charge in [-0.15, -0.1) is 11.3 Å². The van der Waals surface area contributed by atoms with E-state index in [0.717, 1.165) is 24.9 Å². The fourth-order valence-corrected chi connectivity index (χ4v) is 3.88. The number of likely N-dealkylation sites (tertiary alicyclic amines) is 1. The van der Waals surface area contributed by atoms with Gasteiger partial charge in [0, 0.05) is 17.3 Å². The monoisotopic (exact) mass is 279 g/mol. The number of nitrogens with zero attached hydrogens (tertiary/aromatic N) is 2. The van der Waals surface area contributed by atoms with Crippen LogP contribution >= 0.6 is 11.3 Å². The van der Waals surface area contributed by atoms with Gasteiger partial charge in [0.1, 0.15) is 0 Å². The first-order valence-electron chi connectivity index (χ1n) is 7.72. The third-order valence-electron chi connectivity index (χ3n) is 4.39. The molecule has 2 fully saturated rings. The number of hydrogen-bond donors (Lipinski definition) is 1. The Morgan fingerprint density at radius 1 is 1.32 bits per heavy atom. The first-order valence-corrected chi connectivity index (χ1v) is 8.60. The van der Waals surface area contributed by atoms with Crippen molar-refractivity contribution < 1.29 is 0 Å². The molecule has 0 radical (unpaired) electrons.